The van der Waals surface area contributed by atoms with Crippen molar-refractivity contribution in [3.05, 3.63) is 262 Å². The monoisotopic (exact) mass is 1640 g/mol. The van der Waals surface area contributed by atoms with Crippen LogP contribution in [0, 0.1) is 0 Å². The van der Waals surface area contributed by atoms with E-state index in [1.54, 1.807) is 0 Å². The minimum absolute atomic E-state index is 0. The van der Waals surface area contributed by atoms with Crippen molar-refractivity contribution >= 4 is 52.4 Å². The Labute approximate surface area is 578 Å². The normalized spacial score (nSPS) is 16.7. The number of allylic oxidation sites excluding steroid dienone is 4. The van der Waals surface area contributed by atoms with Crippen LogP contribution in [0.15, 0.2) is 200 Å². The van der Waals surface area contributed by atoms with Gasteiger partial charge in [-0.15, -0.1) is 0 Å². The van der Waals surface area contributed by atoms with E-state index in [-0.39, 0.29) is 26.1 Å². The average molecular weight is 1640 g/mol. The van der Waals surface area contributed by atoms with Crippen LogP contribution in [0.2, 0.25) is 0 Å². The third kappa shape index (κ3) is 19.2. The second kappa shape index (κ2) is 31.2. The summed E-state index contributed by atoms with van der Waals surface area (Å²) in [5.74, 6) is 0.626. The number of anilines is 1. The van der Waals surface area contributed by atoms with Crippen molar-refractivity contribution in [3.63, 3.8) is 0 Å². The predicted molar refractivity (Wildman–Crippen MR) is 337 cm³/mol. The molecule has 1 radical (unpaired) electrons. The molecule has 1 aliphatic heterocycles. The van der Waals surface area contributed by atoms with Crippen molar-refractivity contribution < 1.29 is 125 Å². The number of nitrogens with zero attached hydrogens (tertiary/aromatic N) is 2. The van der Waals surface area contributed by atoms with Gasteiger partial charge in [0, 0.05) is 31.7 Å². The molecule has 1 fully saturated rings. The van der Waals surface area contributed by atoms with Gasteiger partial charge in [-0.25, -0.2) is 4.67 Å². The zero-order chi connectivity index (χ0) is 73.0. The van der Waals surface area contributed by atoms with E-state index >= 15 is 0 Å². The molecule has 1 aromatic heterocycles. The van der Waals surface area contributed by atoms with Gasteiger partial charge in [-0.2, -0.15) is 127 Å². The zero-order valence-corrected chi connectivity index (χ0v) is 55.8. The van der Waals surface area contributed by atoms with Gasteiger partial charge < -0.3 is 0 Å². The third-order valence-electron chi connectivity index (χ3n) is 17.5. The molecule has 7 aromatic carbocycles. The largest absolute Gasteiger partial charge is 0.416 e. The molecule has 541 valence electrons. The molecule has 29 heteroatoms. The van der Waals surface area contributed by atoms with Gasteiger partial charge >= 0.3 is 49.4 Å². The molecule has 1 atom stereocenters. The second-order valence-electron chi connectivity index (χ2n) is 24.3. The summed E-state index contributed by atoms with van der Waals surface area (Å²) in [6.07, 6.45) is -32.0. The molecule has 0 spiro atoms. The van der Waals surface area contributed by atoms with Crippen molar-refractivity contribution in [3.8, 4) is 0 Å². The van der Waals surface area contributed by atoms with Gasteiger partial charge in [0.2, 0.25) is 0 Å². The molecule has 0 saturated heterocycles. The van der Waals surface area contributed by atoms with Crippen molar-refractivity contribution in [2.75, 3.05) is 4.67 Å². The van der Waals surface area contributed by atoms with E-state index in [1.165, 1.54) is 91.0 Å². The fourth-order valence-electron chi connectivity index (χ4n) is 12.9. The van der Waals surface area contributed by atoms with Gasteiger partial charge in [0.25, 0.3) is 0 Å². The summed E-state index contributed by atoms with van der Waals surface area (Å²) < 4.78 is 344. The number of benzene rings is 7. The van der Waals surface area contributed by atoms with E-state index < -0.39 is 203 Å². The maximum absolute atomic E-state index is 14.2. The first kappa shape index (κ1) is 79.1. The number of aromatic nitrogens is 1. The topological polar surface area (TPSA) is 16.1 Å². The summed E-state index contributed by atoms with van der Waals surface area (Å²) in [6, 6.07) is 29.7. The first-order valence-corrected chi connectivity index (χ1v) is 32.6. The summed E-state index contributed by atoms with van der Waals surface area (Å²) in [4.78, 5) is 5.39. The first-order chi connectivity index (χ1) is 46.6. The van der Waals surface area contributed by atoms with Crippen LogP contribution in [0.25, 0.3) is 0 Å². The Morgan fingerprint density at radius 2 is 0.624 bits per heavy atom. The number of aryl methyl sites for hydroxylation is 1. The van der Waals surface area contributed by atoms with Gasteiger partial charge in [0.1, 0.15) is 22.8 Å². The standard InChI is InChI=1S/C32H12BF24.C32H33N2P.C8H12.Ir/c34-25(35,36)13-1-14(26(37,38)39)6-21(5-13)33(22-7-15(27(40,41)42)2-16(8-22)28(43,44)45,23-9-17(29(46,47)48)3-18(10-23)30(49,50)51)24-11-19(31(52,53)54)4-20(12-24)32(55,56)57;1-4-13-25(14-5-1)29-20-12-21-30(33-29)32-24-23-26-15-10-11-22-31(26)34(32)35(27-16-6-2-7-17-27)28-18-8-3-9-19-28;1-2-4-6-8-7-5-3-1;/h1-12H;2-3,6-12,15-22,25,32H,1,4-5,13-14,23-24H2;1-2,7-8H,3-6H2;/q-1;;;/p+1/b;;2-1-,8-7-;/t;32-;;/m.0../s1. The number of rotatable bonds is 9. The average Bonchev–Trinajstić information content (AvgIpc) is 0.712. The Morgan fingerprint density at radius 3 is 0.941 bits per heavy atom. The van der Waals surface area contributed by atoms with Gasteiger partial charge in [0.15, 0.2) is 8.07 Å². The van der Waals surface area contributed by atoms with Gasteiger partial charge in [0.05, 0.1) is 55.9 Å². The minimum atomic E-state index is -6.13. The van der Waals surface area contributed by atoms with E-state index in [0.717, 1.165) is 12.8 Å². The quantitative estimate of drug-likeness (QED) is 0.0620. The van der Waals surface area contributed by atoms with E-state index in [4.69, 9.17) is 4.98 Å². The van der Waals surface area contributed by atoms with E-state index in [0.29, 0.717) is 5.92 Å². The van der Waals surface area contributed by atoms with E-state index in [1.807, 2.05) is 0 Å². The van der Waals surface area contributed by atoms with Crippen LogP contribution in [-0.2, 0) is 75.9 Å². The number of fused-ring (bicyclic) bond motifs is 1. The maximum Gasteiger partial charge on any atom is 0.416 e. The van der Waals surface area contributed by atoms with E-state index in [9.17, 15) is 105 Å². The molecular weight excluding hydrogens is 1580 g/mol. The van der Waals surface area contributed by atoms with E-state index in [2.05, 4.69) is 132 Å². The number of para-hydroxylation sites is 1. The summed E-state index contributed by atoms with van der Waals surface area (Å²) >= 11 is 0. The Morgan fingerprint density at radius 1 is 0.327 bits per heavy atom. The number of halogens is 24. The Balaban J connectivity index is 0.000000247. The Kier molecular flexibility index (Phi) is 24.4. The third-order valence-corrected chi connectivity index (χ3v) is 20.3. The molecule has 101 heavy (non-hydrogen) atoms. The van der Waals surface area contributed by atoms with Crippen LogP contribution < -0.4 is 37.1 Å². The number of hydrogen-bond acceptors (Lipinski definition) is 2. The fraction of sp³-hybridized carbons (Fsp3) is 0.292. The molecule has 1 saturated carbocycles. The molecule has 2 heterocycles. The van der Waals surface area contributed by atoms with Gasteiger partial charge in [-0.05, 0) is 124 Å². The van der Waals surface area contributed by atoms with Gasteiger partial charge in [-0.1, -0.05) is 153 Å². The molecule has 11 rings (SSSR count). The SMILES string of the molecule is C1=C\CC/C=C\CC/1.FC(F)(F)c1cc([B-](c2cc(C(F)(F)F)cc(C(F)(F)F)c2)(c2cc(C(F)(F)F)cc(C(F)(F)F)c2)c2cc(C(F)(F)F)cc(C(F)(F)F)c2)cc(C(F)(F)F)c1.[Ir].c1ccc([PH+](c2ccccc2)N2c3ccccc3CC[C@H]2c2cccc(C3CCCCC3)n2)cc1. The molecular formula is C72H58BF24IrN2P. The predicted octanol–water partition coefficient (Wildman–Crippen LogP) is 21.3. The number of pyridine rings is 1. The molecule has 2 aliphatic carbocycles. The second-order valence-corrected chi connectivity index (χ2v) is 26.6. The van der Waals surface area contributed by atoms with Gasteiger partial charge in [-0.3, -0.25) is 4.98 Å². The molecule has 8 aromatic rings. The molecule has 0 unspecified atom stereocenters. The Hall–Kier alpha value is -7.57. The summed E-state index contributed by atoms with van der Waals surface area (Å²) in [5.41, 5.74) is -24.8. The molecule has 3 aliphatic rings. The van der Waals surface area contributed by atoms with Crippen LogP contribution >= 0.6 is 8.07 Å². The number of hydrogen-bond donors (Lipinski definition) is 0. The molecule has 0 N–H and O–H groups in total. The van der Waals surface area contributed by atoms with Crippen molar-refractivity contribution in [1.29, 1.82) is 0 Å². The fourth-order valence-corrected chi connectivity index (χ4v) is 15.9. The summed E-state index contributed by atoms with van der Waals surface area (Å²) in [7, 11) is -1.25. The smallest absolute Gasteiger partial charge is 0.255 e. The summed E-state index contributed by atoms with van der Waals surface area (Å²) in [6.45, 7) is 0. The van der Waals surface area contributed by atoms with Crippen LogP contribution in [0.4, 0.5) is 111 Å². The van der Waals surface area contributed by atoms with Crippen LogP contribution in [0.3, 0.4) is 0 Å². The van der Waals surface area contributed by atoms with Crippen LogP contribution in [-0.4, -0.2) is 11.1 Å². The maximum atomic E-state index is 14.2. The molecule has 2 nitrogen and oxygen atoms in total. The van der Waals surface area contributed by atoms with Crippen molar-refractivity contribution in [1.82, 2.24) is 4.98 Å². The van der Waals surface area contributed by atoms with Crippen LogP contribution in [0.5, 0.6) is 0 Å². The van der Waals surface area contributed by atoms with Crippen LogP contribution in [0.1, 0.15) is 138 Å². The summed E-state index contributed by atoms with van der Waals surface area (Å²) in [5, 5.41) is 2.85. The zero-order valence-electron chi connectivity index (χ0n) is 52.4. The van der Waals surface area contributed by atoms with Crippen molar-refractivity contribution in [2.24, 2.45) is 0 Å². The Bertz CT molecular complexity index is 3670. The first-order valence-electron chi connectivity index (χ1n) is 31.1. The minimum Gasteiger partial charge on any atom is -0.255 e. The number of alkyl halides is 24. The molecule has 0 amide bonds. The van der Waals surface area contributed by atoms with Crippen molar-refractivity contribution in [2.45, 2.75) is 132 Å². The molecule has 0 bridgehead atoms.